The molecule has 3 unspecified atom stereocenters. The minimum atomic E-state index is -0.128. The number of carbonyl (C=O) groups is 1. The molecular weight excluding hydrogens is 340 g/mol. The zero-order chi connectivity index (χ0) is 17.1. The summed E-state index contributed by atoms with van der Waals surface area (Å²) in [6, 6.07) is 6.02. The van der Waals surface area contributed by atoms with Crippen LogP contribution >= 0.6 is 12.4 Å². The van der Waals surface area contributed by atoms with Crippen LogP contribution in [-0.2, 0) is 11.2 Å². The lowest BCUT2D eigenvalue weighted by Gasteiger charge is -2.40. The van der Waals surface area contributed by atoms with Crippen molar-refractivity contribution in [2.24, 2.45) is 17.6 Å². The summed E-state index contributed by atoms with van der Waals surface area (Å²) in [5.41, 5.74) is 6.97. The second kappa shape index (κ2) is 8.77. The maximum absolute atomic E-state index is 13.0. The molecule has 2 N–H and O–H groups in total. The van der Waals surface area contributed by atoms with Gasteiger partial charge in [0.25, 0.3) is 0 Å². The normalized spacial score (nSPS) is 25.4. The molecular formula is C19H29ClN2O3. The van der Waals surface area contributed by atoms with Crippen molar-refractivity contribution < 1.29 is 14.3 Å². The van der Waals surface area contributed by atoms with Crippen molar-refractivity contribution in [3.63, 3.8) is 0 Å². The fourth-order valence-corrected chi connectivity index (χ4v) is 3.79. The predicted molar refractivity (Wildman–Crippen MR) is 101 cm³/mol. The lowest BCUT2D eigenvalue weighted by molar-refractivity contribution is -0.141. The number of fused-ring (bicyclic) bond motifs is 1. The summed E-state index contributed by atoms with van der Waals surface area (Å²) in [5, 5.41) is 0. The topological polar surface area (TPSA) is 64.8 Å². The summed E-state index contributed by atoms with van der Waals surface area (Å²) < 4.78 is 11.4. The van der Waals surface area contributed by atoms with Crippen molar-refractivity contribution >= 4 is 18.3 Å². The van der Waals surface area contributed by atoms with Crippen LogP contribution in [0, 0.1) is 11.8 Å². The summed E-state index contributed by atoms with van der Waals surface area (Å²) in [5.74, 6) is 2.39. The molecule has 0 aliphatic carbocycles. The van der Waals surface area contributed by atoms with Crippen molar-refractivity contribution in [2.45, 2.75) is 39.2 Å². The number of hydrogen-bond donors (Lipinski definition) is 1. The minimum absolute atomic E-state index is 0. The highest BCUT2D eigenvalue weighted by Crippen LogP contribution is 2.32. The molecule has 0 saturated carbocycles. The van der Waals surface area contributed by atoms with E-state index >= 15 is 0 Å². The third kappa shape index (κ3) is 4.39. The number of ether oxygens (including phenoxy) is 2. The molecule has 5 nitrogen and oxygen atoms in total. The van der Waals surface area contributed by atoms with Gasteiger partial charge < -0.3 is 20.1 Å². The molecule has 3 rings (SSSR count). The van der Waals surface area contributed by atoms with Crippen molar-refractivity contribution in [3.05, 3.63) is 23.8 Å². The van der Waals surface area contributed by atoms with E-state index in [0.717, 1.165) is 36.4 Å². The Morgan fingerprint density at radius 2 is 2.24 bits per heavy atom. The fraction of sp³-hybridized carbons (Fsp3) is 0.632. The van der Waals surface area contributed by atoms with Crippen LogP contribution in [-0.4, -0.2) is 43.2 Å². The fourth-order valence-electron chi connectivity index (χ4n) is 3.79. The number of amides is 1. The van der Waals surface area contributed by atoms with Gasteiger partial charge in [0.05, 0.1) is 12.5 Å². The monoisotopic (exact) mass is 368 g/mol. The molecule has 0 radical (unpaired) electrons. The second-order valence-corrected chi connectivity index (χ2v) is 6.97. The number of nitrogens with zero attached hydrogens (tertiary/aromatic N) is 1. The standard InChI is InChI=1S/C19H28N2O3.ClH/c1-3-23-17-4-5-18-14(10-17)9-15(12-24-18)19(22)21-7-6-13(2)8-16(21)11-20;/h4-5,10,13,15-16H,3,6-9,11-12,20H2,1-2H3;1H. The molecule has 2 aliphatic heterocycles. The number of piperidine rings is 1. The number of likely N-dealkylation sites (tertiary alicyclic amines) is 1. The van der Waals surface area contributed by atoms with Crippen LogP contribution in [0.1, 0.15) is 32.3 Å². The number of carbonyl (C=O) groups excluding carboxylic acids is 1. The highest BCUT2D eigenvalue weighted by molar-refractivity contribution is 5.85. The summed E-state index contributed by atoms with van der Waals surface area (Å²) >= 11 is 0. The van der Waals surface area contributed by atoms with Gasteiger partial charge in [0, 0.05) is 19.1 Å². The van der Waals surface area contributed by atoms with E-state index in [9.17, 15) is 4.79 Å². The number of halogens is 1. The average Bonchev–Trinajstić information content (AvgIpc) is 2.60. The van der Waals surface area contributed by atoms with Gasteiger partial charge in [0.2, 0.25) is 5.91 Å². The van der Waals surface area contributed by atoms with E-state index in [2.05, 4.69) is 6.92 Å². The van der Waals surface area contributed by atoms with Gasteiger partial charge in [-0.1, -0.05) is 6.92 Å². The molecule has 1 aromatic carbocycles. The quantitative estimate of drug-likeness (QED) is 0.887. The SMILES string of the molecule is CCOc1ccc2c(c1)CC(C(=O)N1CCC(C)CC1CN)CO2.Cl. The molecule has 1 aromatic rings. The Morgan fingerprint density at radius 3 is 2.96 bits per heavy atom. The van der Waals surface area contributed by atoms with Crippen LogP contribution < -0.4 is 15.2 Å². The van der Waals surface area contributed by atoms with E-state index in [1.165, 1.54) is 0 Å². The average molecular weight is 369 g/mol. The van der Waals surface area contributed by atoms with Crippen LogP contribution in [0.25, 0.3) is 0 Å². The molecule has 0 spiro atoms. The first kappa shape index (κ1) is 19.9. The van der Waals surface area contributed by atoms with E-state index in [4.69, 9.17) is 15.2 Å². The molecule has 2 aliphatic rings. The van der Waals surface area contributed by atoms with Gasteiger partial charge in [-0.25, -0.2) is 0 Å². The lowest BCUT2D eigenvalue weighted by atomic mass is 9.89. The van der Waals surface area contributed by atoms with E-state index in [-0.39, 0.29) is 30.3 Å². The molecule has 3 atom stereocenters. The van der Waals surface area contributed by atoms with Crippen LogP contribution in [0.3, 0.4) is 0 Å². The van der Waals surface area contributed by atoms with Crippen LogP contribution in [0.15, 0.2) is 18.2 Å². The molecule has 2 heterocycles. The van der Waals surface area contributed by atoms with Crippen molar-refractivity contribution in [1.29, 1.82) is 0 Å². The van der Waals surface area contributed by atoms with Crippen LogP contribution in [0.4, 0.5) is 0 Å². The van der Waals surface area contributed by atoms with Crippen LogP contribution in [0.5, 0.6) is 11.5 Å². The van der Waals surface area contributed by atoms with Gasteiger partial charge in [0.15, 0.2) is 0 Å². The summed E-state index contributed by atoms with van der Waals surface area (Å²) in [6.07, 6.45) is 2.76. The van der Waals surface area contributed by atoms with E-state index < -0.39 is 0 Å². The third-order valence-electron chi connectivity index (χ3n) is 5.13. The predicted octanol–water partition coefficient (Wildman–Crippen LogP) is 2.64. The van der Waals surface area contributed by atoms with E-state index in [0.29, 0.717) is 32.1 Å². The Hall–Kier alpha value is -1.46. The Bertz CT molecular complexity index is 596. The summed E-state index contributed by atoms with van der Waals surface area (Å²) in [6.45, 7) is 6.63. The Morgan fingerprint density at radius 1 is 1.44 bits per heavy atom. The highest BCUT2D eigenvalue weighted by Gasteiger charge is 2.35. The van der Waals surface area contributed by atoms with Gasteiger partial charge in [-0.15, -0.1) is 12.4 Å². The zero-order valence-electron chi connectivity index (χ0n) is 15.1. The Kier molecular flexibility index (Phi) is 6.96. The van der Waals surface area contributed by atoms with E-state index in [1.807, 2.05) is 30.0 Å². The van der Waals surface area contributed by atoms with Crippen LogP contribution in [0.2, 0.25) is 0 Å². The molecule has 1 amide bonds. The Balaban J connectivity index is 0.00000225. The van der Waals surface area contributed by atoms with Gasteiger partial charge >= 0.3 is 0 Å². The lowest BCUT2D eigenvalue weighted by Crippen LogP contribution is -2.52. The zero-order valence-corrected chi connectivity index (χ0v) is 15.9. The van der Waals surface area contributed by atoms with Crippen molar-refractivity contribution in [3.8, 4) is 11.5 Å². The molecule has 0 bridgehead atoms. The van der Waals surface area contributed by atoms with E-state index in [1.54, 1.807) is 0 Å². The molecule has 1 saturated heterocycles. The third-order valence-corrected chi connectivity index (χ3v) is 5.13. The maximum atomic E-state index is 13.0. The molecule has 0 aromatic heterocycles. The molecule has 6 heteroatoms. The Labute approximate surface area is 156 Å². The molecule has 1 fully saturated rings. The summed E-state index contributed by atoms with van der Waals surface area (Å²) in [4.78, 5) is 15.0. The van der Waals surface area contributed by atoms with Gasteiger partial charge in [-0.2, -0.15) is 0 Å². The van der Waals surface area contributed by atoms with Gasteiger partial charge in [-0.3, -0.25) is 4.79 Å². The first-order chi connectivity index (χ1) is 11.6. The van der Waals surface area contributed by atoms with Gasteiger partial charge in [0.1, 0.15) is 18.1 Å². The number of rotatable bonds is 4. The van der Waals surface area contributed by atoms with Gasteiger partial charge in [-0.05, 0) is 55.9 Å². The second-order valence-electron chi connectivity index (χ2n) is 6.97. The first-order valence-corrected chi connectivity index (χ1v) is 9.01. The first-order valence-electron chi connectivity index (χ1n) is 9.01. The minimum Gasteiger partial charge on any atom is -0.494 e. The van der Waals surface area contributed by atoms with Crippen molar-refractivity contribution in [1.82, 2.24) is 4.90 Å². The number of benzene rings is 1. The summed E-state index contributed by atoms with van der Waals surface area (Å²) in [7, 11) is 0. The molecule has 140 valence electrons. The highest BCUT2D eigenvalue weighted by atomic mass is 35.5. The smallest absolute Gasteiger partial charge is 0.229 e. The molecule has 25 heavy (non-hydrogen) atoms. The number of hydrogen-bond acceptors (Lipinski definition) is 4. The number of nitrogens with two attached hydrogens (primary N) is 1. The largest absolute Gasteiger partial charge is 0.494 e. The van der Waals surface area contributed by atoms with Crippen molar-refractivity contribution in [2.75, 3.05) is 26.3 Å². The maximum Gasteiger partial charge on any atom is 0.229 e.